The topological polar surface area (TPSA) is 92.4 Å². The Balaban J connectivity index is 2.58. The molecule has 1 atom stereocenters. The van der Waals surface area contributed by atoms with Crippen LogP contribution in [0.1, 0.15) is 0 Å². The van der Waals surface area contributed by atoms with E-state index in [1.54, 1.807) is 0 Å². The molecule has 0 unspecified atom stereocenters. The van der Waals surface area contributed by atoms with Gasteiger partial charge in [0, 0.05) is 0 Å². The summed E-state index contributed by atoms with van der Waals surface area (Å²) in [7, 11) is 0. The molecule has 5 nitrogen and oxygen atoms in total. The molecule has 0 aliphatic rings. The third-order valence-corrected chi connectivity index (χ3v) is 4.03. The molecule has 0 heterocycles. The van der Waals surface area contributed by atoms with E-state index in [-0.39, 0.29) is 11.2 Å². The van der Waals surface area contributed by atoms with Crippen molar-refractivity contribution in [2.45, 2.75) is 6.04 Å². The first-order valence-electron chi connectivity index (χ1n) is 5.04. The van der Waals surface area contributed by atoms with Gasteiger partial charge in [-0.2, -0.15) is 0 Å². The number of carbonyl (C=O) groups is 2. The number of nitrogens with two attached hydrogens (primary N) is 1. The van der Waals surface area contributed by atoms with Gasteiger partial charge in [-0.15, -0.1) is 0 Å². The van der Waals surface area contributed by atoms with Crippen LogP contribution in [0.3, 0.4) is 0 Å². The first-order chi connectivity index (χ1) is 8.17. The first-order valence-corrected chi connectivity index (χ1v) is 6.75. The van der Waals surface area contributed by atoms with Crippen LogP contribution in [0.2, 0.25) is 0 Å². The zero-order valence-corrected chi connectivity index (χ0v) is 10.8. The van der Waals surface area contributed by atoms with Gasteiger partial charge in [0.2, 0.25) is 0 Å². The van der Waals surface area contributed by atoms with Crippen molar-refractivity contribution in [1.29, 1.82) is 0 Å². The van der Waals surface area contributed by atoms with Gasteiger partial charge in [-0.05, 0) is 0 Å². The molecular formula is C11H14N2O3Se. The third kappa shape index (κ3) is 4.66. The van der Waals surface area contributed by atoms with Crippen molar-refractivity contribution >= 4 is 30.0 Å². The Morgan fingerprint density at radius 1 is 1.35 bits per heavy atom. The second-order valence-corrected chi connectivity index (χ2v) is 5.50. The zero-order valence-electron chi connectivity index (χ0n) is 9.13. The summed E-state index contributed by atoms with van der Waals surface area (Å²) in [5, 5.41) is 11.4. The predicted octanol–water partition coefficient (Wildman–Crippen LogP) is -2.02. The molecule has 0 saturated carbocycles. The first kappa shape index (κ1) is 13.9. The summed E-state index contributed by atoms with van der Waals surface area (Å²) in [4.78, 5) is 22.9. The summed E-state index contributed by atoms with van der Waals surface area (Å²) in [5.74, 6) is -0.443. The number of carbonyl (C=O) groups excluding carboxylic acids is 2. The average Bonchev–Trinajstić information content (AvgIpc) is 2.36. The summed E-state index contributed by atoms with van der Waals surface area (Å²) >= 11 is -0.420. The third-order valence-electron chi connectivity index (χ3n) is 1.95. The Morgan fingerprint density at radius 2 is 2.00 bits per heavy atom. The molecule has 1 aromatic rings. The minimum atomic E-state index is -0.855. The van der Waals surface area contributed by atoms with Crippen molar-refractivity contribution < 1.29 is 14.7 Å². The van der Waals surface area contributed by atoms with Gasteiger partial charge in [-0.1, -0.05) is 0 Å². The molecule has 0 saturated heterocycles. The van der Waals surface area contributed by atoms with Crippen LogP contribution in [0, 0.1) is 0 Å². The van der Waals surface area contributed by atoms with E-state index in [9.17, 15) is 9.59 Å². The van der Waals surface area contributed by atoms with Gasteiger partial charge >= 0.3 is 105 Å². The van der Waals surface area contributed by atoms with Crippen molar-refractivity contribution in [1.82, 2.24) is 5.32 Å². The Kier molecular flexibility index (Phi) is 5.86. The van der Waals surface area contributed by atoms with E-state index in [1.165, 1.54) is 0 Å². The predicted molar refractivity (Wildman–Crippen MR) is 64.9 cm³/mol. The molecule has 0 aliphatic carbocycles. The van der Waals surface area contributed by atoms with Crippen LogP contribution < -0.4 is 15.5 Å². The van der Waals surface area contributed by atoms with Crippen molar-refractivity contribution in [3.05, 3.63) is 30.3 Å². The van der Waals surface area contributed by atoms with Gasteiger partial charge < -0.3 is 0 Å². The van der Waals surface area contributed by atoms with Crippen LogP contribution in [0.15, 0.2) is 30.3 Å². The number of nitrogens with one attached hydrogen (secondary N) is 1. The molecule has 0 aliphatic heterocycles. The molecule has 6 heteroatoms. The molecule has 0 spiro atoms. The SMILES string of the molecule is NCC(=O)N[C@@H](CO)C(=O)[Se]c1ccccc1. The fourth-order valence-corrected chi connectivity index (χ4v) is 2.79. The molecule has 17 heavy (non-hydrogen) atoms. The van der Waals surface area contributed by atoms with Crippen LogP contribution in [0.4, 0.5) is 0 Å². The molecule has 0 fully saturated rings. The minimum absolute atomic E-state index is 0.173. The van der Waals surface area contributed by atoms with Gasteiger partial charge in [0.25, 0.3) is 0 Å². The molecule has 0 bridgehead atoms. The molecular weight excluding hydrogens is 287 g/mol. The van der Waals surface area contributed by atoms with E-state index in [1.807, 2.05) is 30.3 Å². The van der Waals surface area contributed by atoms with E-state index in [4.69, 9.17) is 10.8 Å². The van der Waals surface area contributed by atoms with Gasteiger partial charge in [0.05, 0.1) is 0 Å². The van der Waals surface area contributed by atoms with Gasteiger partial charge in [-0.3, -0.25) is 0 Å². The Morgan fingerprint density at radius 3 is 2.53 bits per heavy atom. The summed E-state index contributed by atoms with van der Waals surface area (Å²) in [6.07, 6.45) is 0. The number of benzene rings is 1. The van der Waals surface area contributed by atoms with Crippen LogP contribution in [-0.4, -0.2) is 49.8 Å². The molecule has 92 valence electrons. The van der Waals surface area contributed by atoms with Crippen LogP contribution in [0.5, 0.6) is 0 Å². The fourth-order valence-electron chi connectivity index (χ4n) is 1.11. The van der Waals surface area contributed by atoms with Crippen molar-refractivity contribution in [3.8, 4) is 0 Å². The van der Waals surface area contributed by atoms with Gasteiger partial charge in [-0.25, -0.2) is 0 Å². The summed E-state index contributed by atoms with van der Waals surface area (Å²) in [6, 6.07) is 8.39. The fraction of sp³-hybridized carbons (Fsp3) is 0.273. The van der Waals surface area contributed by atoms with E-state index in [0.29, 0.717) is 0 Å². The second-order valence-electron chi connectivity index (χ2n) is 3.24. The Hall–Kier alpha value is -1.20. The molecule has 4 N–H and O–H groups in total. The Bertz CT molecular complexity index is 384. The van der Waals surface area contributed by atoms with Crippen molar-refractivity contribution in [3.63, 3.8) is 0 Å². The monoisotopic (exact) mass is 302 g/mol. The number of amides is 1. The van der Waals surface area contributed by atoms with Crippen molar-refractivity contribution in [2.24, 2.45) is 5.73 Å². The van der Waals surface area contributed by atoms with Crippen LogP contribution in [0.25, 0.3) is 0 Å². The van der Waals surface area contributed by atoms with Gasteiger partial charge in [0.1, 0.15) is 0 Å². The maximum atomic E-state index is 11.8. The van der Waals surface area contributed by atoms with Crippen LogP contribution in [-0.2, 0) is 9.59 Å². The number of hydrogen-bond acceptors (Lipinski definition) is 4. The molecule has 0 aromatic heterocycles. The van der Waals surface area contributed by atoms with E-state index < -0.39 is 33.5 Å². The molecule has 1 rings (SSSR count). The quantitative estimate of drug-likeness (QED) is 0.529. The standard InChI is InChI=1S/C11H14N2O3Se/c12-6-10(15)13-9(7-14)11(16)17-8-4-2-1-3-5-8/h1-5,9,14H,6-7,12H2,(H,13,15)/t9-/m0/s1. The summed E-state index contributed by atoms with van der Waals surface area (Å²) in [6.45, 7) is -0.596. The second kappa shape index (κ2) is 7.19. The molecule has 0 radical (unpaired) electrons. The zero-order chi connectivity index (χ0) is 12.7. The van der Waals surface area contributed by atoms with E-state index in [2.05, 4.69) is 5.32 Å². The van der Waals surface area contributed by atoms with E-state index in [0.717, 1.165) is 4.46 Å². The number of rotatable bonds is 6. The van der Waals surface area contributed by atoms with E-state index >= 15 is 0 Å². The Labute approximate surface area is 106 Å². The normalized spacial score (nSPS) is 11.9. The number of aliphatic hydroxyl groups excluding tert-OH is 1. The molecule has 1 aromatic carbocycles. The summed E-state index contributed by atoms with van der Waals surface area (Å²) < 4.78 is 0.735. The average molecular weight is 301 g/mol. The summed E-state index contributed by atoms with van der Waals surface area (Å²) in [5.41, 5.74) is 5.13. The van der Waals surface area contributed by atoms with Gasteiger partial charge in [0.15, 0.2) is 0 Å². The van der Waals surface area contributed by atoms with Crippen LogP contribution >= 0.6 is 0 Å². The number of hydrogen-bond donors (Lipinski definition) is 3. The maximum absolute atomic E-state index is 11.8. The van der Waals surface area contributed by atoms with Crippen molar-refractivity contribution in [2.75, 3.05) is 13.2 Å². The molecule has 1 amide bonds. The number of aliphatic hydroxyl groups is 1.